The molecule has 0 unspecified atom stereocenters. The summed E-state index contributed by atoms with van der Waals surface area (Å²) in [5.74, 6) is 0. The maximum absolute atomic E-state index is 0. The summed E-state index contributed by atoms with van der Waals surface area (Å²) in [6.45, 7) is 0. The Kier molecular flexibility index (Phi) is 110. The topological polar surface area (TPSA) is 0 Å². The molecule has 0 rings (SSSR count). The van der Waals surface area contributed by atoms with E-state index in [0.717, 1.165) is 0 Å². The molecule has 0 nitrogen and oxygen atoms in total. The molecular weight excluding hydrogens is 164 g/mol. The van der Waals surface area contributed by atoms with E-state index in [1.165, 1.54) is 0 Å². The van der Waals surface area contributed by atoms with Crippen LogP contribution in [0.25, 0.3) is 0 Å². The molecule has 0 heterocycles. The fourth-order valence-corrected chi connectivity index (χ4v) is 0. The third-order valence-electron chi connectivity index (χ3n) is 0. The summed E-state index contributed by atoms with van der Waals surface area (Å²) < 4.78 is 0. The van der Waals surface area contributed by atoms with Crippen molar-refractivity contribution >= 4 is 70.2 Å². The molecule has 0 aliphatic rings. The SMILES string of the molecule is [Co].[KH].[LiH].[Ni]. The summed E-state index contributed by atoms with van der Waals surface area (Å²) in [6, 6.07) is 0. The van der Waals surface area contributed by atoms with Gasteiger partial charge in [-0.05, 0) is 0 Å². The third-order valence-corrected chi connectivity index (χ3v) is 0. The summed E-state index contributed by atoms with van der Waals surface area (Å²) in [4.78, 5) is 0. The van der Waals surface area contributed by atoms with E-state index in [1.54, 1.807) is 0 Å². The first kappa shape index (κ1) is 26.9. The first-order valence-corrected chi connectivity index (χ1v) is 0. The van der Waals surface area contributed by atoms with Crippen molar-refractivity contribution in [2.45, 2.75) is 0 Å². The molecule has 0 amide bonds. The molecule has 0 bridgehead atoms. The van der Waals surface area contributed by atoms with Crippen LogP contribution in [-0.4, -0.2) is 70.2 Å². The van der Waals surface area contributed by atoms with E-state index >= 15 is 0 Å². The second kappa shape index (κ2) is 16.3. The van der Waals surface area contributed by atoms with E-state index in [-0.39, 0.29) is 104 Å². The van der Waals surface area contributed by atoms with Crippen molar-refractivity contribution in [2.75, 3.05) is 0 Å². The minimum Gasteiger partial charge on any atom is 0 e. The molecule has 4 heteroatoms. The molecule has 23 valence electrons. The average Bonchev–Trinajstić information content (AvgIpc) is 0. The molecule has 0 aromatic carbocycles. The Balaban J connectivity index is 0. The van der Waals surface area contributed by atoms with Gasteiger partial charge in [0.15, 0.2) is 0 Å². The normalized spacial score (nSPS) is 0. The van der Waals surface area contributed by atoms with Gasteiger partial charge in [0.05, 0.1) is 0 Å². The van der Waals surface area contributed by atoms with E-state index in [1.807, 2.05) is 0 Å². The molecule has 0 aliphatic carbocycles. The Morgan fingerprint density at radius 3 is 1.00 bits per heavy atom. The van der Waals surface area contributed by atoms with Crippen LogP contribution in [-0.2, 0) is 33.3 Å². The quantitative estimate of drug-likeness (QED) is 0.392. The van der Waals surface area contributed by atoms with Crippen LogP contribution in [0.15, 0.2) is 0 Å². The maximum atomic E-state index is 0. The van der Waals surface area contributed by atoms with Crippen LogP contribution in [0.5, 0.6) is 0 Å². The van der Waals surface area contributed by atoms with Crippen molar-refractivity contribution < 1.29 is 33.3 Å². The molecule has 0 aromatic rings. The second-order valence-corrected chi connectivity index (χ2v) is 0. The Morgan fingerprint density at radius 2 is 1.00 bits per heavy atom. The molecule has 0 saturated carbocycles. The van der Waals surface area contributed by atoms with Gasteiger partial charge in [-0.3, -0.25) is 0 Å². The van der Waals surface area contributed by atoms with Gasteiger partial charge in [-0.2, -0.15) is 0 Å². The number of hydrogen-bond acceptors (Lipinski definition) is 0. The summed E-state index contributed by atoms with van der Waals surface area (Å²) >= 11 is 0. The van der Waals surface area contributed by atoms with E-state index in [4.69, 9.17) is 0 Å². The zero-order chi connectivity index (χ0) is 0. The van der Waals surface area contributed by atoms with Crippen molar-refractivity contribution in [2.24, 2.45) is 0 Å². The van der Waals surface area contributed by atoms with Crippen molar-refractivity contribution in [3.05, 3.63) is 0 Å². The minimum absolute atomic E-state index is 0. The predicted molar refractivity (Wildman–Crippen MR) is 14.3 cm³/mol. The van der Waals surface area contributed by atoms with Crippen LogP contribution >= 0.6 is 0 Å². The van der Waals surface area contributed by atoms with E-state index in [0.29, 0.717) is 0 Å². The van der Waals surface area contributed by atoms with Gasteiger partial charge < -0.3 is 0 Å². The zero-order valence-electron chi connectivity index (χ0n) is 0.650. The van der Waals surface area contributed by atoms with Crippen LogP contribution in [0.2, 0.25) is 0 Å². The van der Waals surface area contributed by atoms with Gasteiger partial charge in [0.2, 0.25) is 0 Å². The monoisotopic (exact) mass is 165 g/mol. The molecule has 4 heavy (non-hydrogen) atoms. The molecule has 0 spiro atoms. The zero-order valence-corrected chi connectivity index (χ0v) is 2.68. The van der Waals surface area contributed by atoms with Crippen molar-refractivity contribution in [1.29, 1.82) is 0 Å². The van der Waals surface area contributed by atoms with Gasteiger partial charge in [-0.1, -0.05) is 0 Å². The van der Waals surface area contributed by atoms with E-state index < -0.39 is 0 Å². The number of rotatable bonds is 0. The van der Waals surface area contributed by atoms with E-state index in [2.05, 4.69) is 0 Å². The summed E-state index contributed by atoms with van der Waals surface area (Å²) in [7, 11) is 0. The third kappa shape index (κ3) is 8.97. The largest absolute Gasteiger partial charge is 0 e. The molecule has 0 fully saturated rings. The van der Waals surface area contributed by atoms with Crippen LogP contribution < -0.4 is 0 Å². The van der Waals surface area contributed by atoms with Crippen molar-refractivity contribution in [3.63, 3.8) is 0 Å². The molecular formula is H2CoKLiNi. The summed E-state index contributed by atoms with van der Waals surface area (Å²) in [5.41, 5.74) is 0. The molecule has 1 radical (unpaired) electrons. The summed E-state index contributed by atoms with van der Waals surface area (Å²) in [6.07, 6.45) is 0. The Hall–Kier alpha value is 3.23. The summed E-state index contributed by atoms with van der Waals surface area (Å²) in [5, 5.41) is 0. The van der Waals surface area contributed by atoms with Gasteiger partial charge in [0.25, 0.3) is 0 Å². The van der Waals surface area contributed by atoms with Crippen LogP contribution in [0, 0.1) is 0 Å². The average molecular weight is 166 g/mol. The van der Waals surface area contributed by atoms with Crippen LogP contribution in [0.1, 0.15) is 0 Å². The second-order valence-electron chi connectivity index (χ2n) is 0. The first-order chi connectivity index (χ1) is 0. The predicted octanol–water partition coefficient (Wildman–Crippen LogP) is -1.30. The van der Waals surface area contributed by atoms with Gasteiger partial charge >= 0.3 is 70.2 Å². The van der Waals surface area contributed by atoms with Gasteiger partial charge in [0.1, 0.15) is 0 Å². The van der Waals surface area contributed by atoms with Crippen molar-refractivity contribution in [1.82, 2.24) is 0 Å². The fraction of sp³-hybridized carbons (Fsp3) is 0. The van der Waals surface area contributed by atoms with Gasteiger partial charge in [-0.15, -0.1) is 0 Å². The molecule has 0 saturated heterocycles. The maximum Gasteiger partial charge on any atom is 0 e. The molecule has 0 atom stereocenters. The molecule has 0 aliphatic heterocycles. The van der Waals surface area contributed by atoms with E-state index in [9.17, 15) is 0 Å². The minimum atomic E-state index is 0. The van der Waals surface area contributed by atoms with Crippen molar-refractivity contribution in [3.8, 4) is 0 Å². The smallest absolute Gasteiger partial charge is 0 e. The Morgan fingerprint density at radius 1 is 1.00 bits per heavy atom. The Labute approximate surface area is 101 Å². The fourth-order valence-electron chi connectivity index (χ4n) is 0. The van der Waals surface area contributed by atoms with Gasteiger partial charge in [-0.25, -0.2) is 0 Å². The number of hydrogen-bond donors (Lipinski definition) is 0. The standard InChI is InChI=1S/Co.K.Li.Ni.2H. The van der Waals surface area contributed by atoms with Crippen LogP contribution in [0.3, 0.4) is 0 Å². The molecule has 0 aromatic heterocycles. The first-order valence-electron chi connectivity index (χ1n) is 0. The van der Waals surface area contributed by atoms with Crippen LogP contribution in [0.4, 0.5) is 0 Å². The molecule has 0 N–H and O–H groups in total. The Bertz CT molecular complexity index is 8.00. The van der Waals surface area contributed by atoms with Gasteiger partial charge in [0, 0.05) is 33.3 Å².